The lowest BCUT2D eigenvalue weighted by molar-refractivity contribution is -0.139. The highest BCUT2D eigenvalue weighted by molar-refractivity contribution is 5.88. The maximum atomic E-state index is 13.8. The van der Waals surface area contributed by atoms with E-state index in [0.717, 1.165) is 44.3 Å². The Morgan fingerprint density at radius 3 is 2.38 bits per heavy atom. The SMILES string of the molecule is CC(C)C(C#N)N1CCN(C(=O)C2(c3cccc(F)c3)CCCC2)CC1. The fraction of sp³-hybridized carbons (Fsp3) is 0.619. The Bertz CT molecular complexity index is 683. The summed E-state index contributed by atoms with van der Waals surface area (Å²) in [6.45, 7) is 6.84. The van der Waals surface area contributed by atoms with Crippen molar-refractivity contribution >= 4 is 5.91 Å². The van der Waals surface area contributed by atoms with Crippen LogP contribution in [0.1, 0.15) is 45.1 Å². The van der Waals surface area contributed by atoms with Crippen molar-refractivity contribution in [2.45, 2.75) is 51.0 Å². The Morgan fingerprint density at radius 2 is 1.85 bits per heavy atom. The molecule has 2 fully saturated rings. The lowest BCUT2D eigenvalue weighted by atomic mass is 9.77. The highest BCUT2D eigenvalue weighted by atomic mass is 19.1. The summed E-state index contributed by atoms with van der Waals surface area (Å²) in [6, 6.07) is 8.86. The minimum absolute atomic E-state index is 0.101. The number of benzene rings is 1. The molecule has 140 valence electrons. The number of carbonyl (C=O) groups is 1. The zero-order chi connectivity index (χ0) is 18.7. The normalized spacial score (nSPS) is 21.6. The second-order valence-corrected chi connectivity index (χ2v) is 7.95. The second kappa shape index (κ2) is 7.75. The van der Waals surface area contributed by atoms with E-state index >= 15 is 0 Å². The molecule has 2 aliphatic rings. The van der Waals surface area contributed by atoms with Gasteiger partial charge in [-0.25, -0.2) is 4.39 Å². The predicted octanol–water partition coefficient (Wildman–Crippen LogP) is 3.33. The standard InChI is InChI=1S/C21H28FN3O/c1-16(2)19(15-23)24-10-12-25(13-11-24)20(26)21(8-3-4-9-21)17-6-5-7-18(22)14-17/h5-7,14,16,19H,3-4,8-13H2,1-2H3. The first kappa shape index (κ1) is 18.8. The van der Waals surface area contributed by atoms with E-state index in [1.807, 2.05) is 11.0 Å². The number of rotatable bonds is 4. The molecule has 1 saturated carbocycles. The Hall–Kier alpha value is -1.93. The molecule has 1 atom stereocenters. The molecular weight excluding hydrogens is 329 g/mol. The maximum absolute atomic E-state index is 13.8. The van der Waals surface area contributed by atoms with Crippen LogP contribution >= 0.6 is 0 Å². The van der Waals surface area contributed by atoms with Crippen molar-refractivity contribution in [1.82, 2.24) is 9.80 Å². The molecule has 1 aliphatic heterocycles. The third kappa shape index (κ3) is 3.48. The van der Waals surface area contributed by atoms with Crippen molar-refractivity contribution in [2.75, 3.05) is 26.2 Å². The van der Waals surface area contributed by atoms with Crippen LogP contribution in [0.3, 0.4) is 0 Å². The quantitative estimate of drug-likeness (QED) is 0.830. The van der Waals surface area contributed by atoms with E-state index in [-0.39, 0.29) is 23.7 Å². The summed E-state index contributed by atoms with van der Waals surface area (Å²) in [5, 5.41) is 9.40. The lowest BCUT2D eigenvalue weighted by Gasteiger charge is -2.41. The van der Waals surface area contributed by atoms with Gasteiger partial charge in [0.05, 0.1) is 11.5 Å². The molecule has 0 bridgehead atoms. The third-order valence-corrected chi connectivity index (χ3v) is 6.00. The molecule has 26 heavy (non-hydrogen) atoms. The number of halogens is 1. The summed E-state index contributed by atoms with van der Waals surface area (Å²) >= 11 is 0. The monoisotopic (exact) mass is 357 g/mol. The molecule has 1 aliphatic carbocycles. The smallest absolute Gasteiger partial charge is 0.233 e. The van der Waals surface area contributed by atoms with Crippen molar-refractivity contribution in [1.29, 1.82) is 5.26 Å². The first-order chi connectivity index (χ1) is 12.5. The number of hydrogen-bond acceptors (Lipinski definition) is 3. The molecule has 4 nitrogen and oxygen atoms in total. The van der Waals surface area contributed by atoms with Gasteiger partial charge in [-0.2, -0.15) is 5.26 Å². The van der Waals surface area contributed by atoms with E-state index in [9.17, 15) is 14.4 Å². The molecule has 1 amide bonds. The fourth-order valence-electron chi connectivity index (χ4n) is 4.55. The predicted molar refractivity (Wildman–Crippen MR) is 98.9 cm³/mol. The Labute approximate surface area is 155 Å². The van der Waals surface area contributed by atoms with E-state index in [1.165, 1.54) is 12.1 Å². The molecule has 0 N–H and O–H groups in total. The molecule has 3 rings (SSSR count). The Morgan fingerprint density at radius 1 is 1.19 bits per heavy atom. The van der Waals surface area contributed by atoms with Crippen LogP contribution in [0.2, 0.25) is 0 Å². The van der Waals surface area contributed by atoms with Crippen molar-refractivity contribution in [3.05, 3.63) is 35.6 Å². The van der Waals surface area contributed by atoms with Crippen LogP contribution in [0.5, 0.6) is 0 Å². The van der Waals surface area contributed by atoms with Gasteiger partial charge in [-0.3, -0.25) is 9.69 Å². The van der Waals surface area contributed by atoms with E-state index in [2.05, 4.69) is 24.8 Å². The van der Waals surface area contributed by atoms with Gasteiger partial charge in [-0.1, -0.05) is 38.8 Å². The Kier molecular flexibility index (Phi) is 5.62. The molecule has 1 heterocycles. The molecular formula is C21H28FN3O. The van der Waals surface area contributed by atoms with Crippen LogP contribution in [0.4, 0.5) is 4.39 Å². The van der Waals surface area contributed by atoms with Gasteiger partial charge in [-0.05, 0) is 36.5 Å². The van der Waals surface area contributed by atoms with Gasteiger partial charge in [0.2, 0.25) is 5.91 Å². The molecule has 0 spiro atoms. The minimum atomic E-state index is -0.572. The van der Waals surface area contributed by atoms with Crippen LogP contribution in [0.15, 0.2) is 24.3 Å². The second-order valence-electron chi connectivity index (χ2n) is 7.95. The van der Waals surface area contributed by atoms with Crippen LogP contribution < -0.4 is 0 Å². The summed E-state index contributed by atoms with van der Waals surface area (Å²) in [4.78, 5) is 17.5. The van der Waals surface area contributed by atoms with Gasteiger partial charge in [0.25, 0.3) is 0 Å². The highest BCUT2D eigenvalue weighted by Crippen LogP contribution is 2.43. The van der Waals surface area contributed by atoms with Crippen molar-refractivity contribution in [3.8, 4) is 6.07 Å². The number of nitrogens with zero attached hydrogens (tertiary/aromatic N) is 3. The number of carbonyl (C=O) groups excluding carboxylic acids is 1. The number of piperazine rings is 1. The van der Waals surface area contributed by atoms with Gasteiger partial charge in [0.1, 0.15) is 11.9 Å². The first-order valence-corrected chi connectivity index (χ1v) is 9.67. The summed E-state index contributed by atoms with van der Waals surface area (Å²) in [7, 11) is 0. The van der Waals surface area contributed by atoms with E-state index in [4.69, 9.17) is 0 Å². The number of nitriles is 1. The van der Waals surface area contributed by atoms with Crippen LogP contribution in [-0.2, 0) is 10.2 Å². The van der Waals surface area contributed by atoms with Gasteiger partial charge >= 0.3 is 0 Å². The van der Waals surface area contributed by atoms with E-state index in [0.29, 0.717) is 13.1 Å². The summed E-state index contributed by atoms with van der Waals surface area (Å²) in [6.07, 6.45) is 3.60. The summed E-state index contributed by atoms with van der Waals surface area (Å²) in [5.74, 6) is 0.134. The van der Waals surface area contributed by atoms with E-state index in [1.54, 1.807) is 6.07 Å². The Balaban J connectivity index is 1.75. The molecule has 1 aromatic carbocycles. The maximum Gasteiger partial charge on any atom is 0.233 e. The molecule has 5 heteroatoms. The highest BCUT2D eigenvalue weighted by Gasteiger charge is 2.45. The molecule has 0 aromatic heterocycles. The van der Waals surface area contributed by atoms with Gasteiger partial charge in [-0.15, -0.1) is 0 Å². The topological polar surface area (TPSA) is 47.3 Å². The summed E-state index contributed by atoms with van der Waals surface area (Å²) in [5.41, 5.74) is 0.247. The first-order valence-electron chi connectivity index (χ1n) is 9.67. The average molecular weight is 357 g/mol. The largest absolute Gasteiger partial charge is 0.339 e. The number of amides is 1. The van der Waals surface area contributed by atoms with Crippen molar-refractivity contribution < 1.29 is 9.18 Å². The summed E-state index contributed by atoms with van der Waals surface area (Å²) < 4.78 is 13.8. The lowest BCUT2D eigenvalue weighted by Crippen LogP contribution is -2.56. The van der Waals surface area contributed by atoms with Gasteiger partial charge in [0.15, 0.2) is 0 Å². The van der Waals surface area contributed by atoms with E-state index < -0.39 is 5.41 Å². The van der Waals surface area contributed by atoms with Gasteiger partial charge in [0, 0.05) is 26.2 Å². The molecule has 1 unspecified atom stereocenters. The number of hydrogen-bond donors (Lipinski definition) is 0. The van der Waals surface area contributed by atoms with Crippen LogP contribution in [0.25, 0.3) is 0 Å². The van der Waals surface area contributed by atoms with Crippen LogP contribution in [-0.4, -0.2) is 47.9 Å². The molecule has 1 saturated heterocycles. The zero-order valence-corrected chi connectivity index (χ0v) is 15.7. The minimum Gasteiger partial charge on any atom is -0.339 e. The van der Waals surface area contributed by atoms with Crippen LogP contribution in [0, 0.1) is 23.1 Å². The van der Waals surface area contributed by atoms with Gasteiger partial charge < -0.3 is 4.90 Å². The van der Waals surface area contributed by atoms with Crippen molar-refractivity contribution in [2.24, 2.45) is 5.92 Å². The third-order valence-electron chi connectivity index (χ3n) is 6.00. The molecule has 0 radical (unpaired) electrons. The van der Waals surface area contributed by atoms with Crippen molar-refractivity contribution in [3.63, 3.8) is 0 Å². The molecule has 1 aromatic rings. The fourth-order valence-corrected chi connectivity index (χ4v) is 4.55. The zero-order valence-electron chi connectivity index (χ0n) is 15.7. The average Bonchev–Trinajstić information content (AvgIpc) is 3.13.